The number of carbonyl (C=O) groups is 4. The van der Waals surface area contributed by atoms with Crippen LogP contribution in [0.5, 0.6) is 0 Å². The fraction of sp³-hybridized carbons (Fsp3) is 0.500. The van der Waals surface area contributed by atoms with E-state index in [4.69, 9.17) is 10.2 Å². The molecule has 0 aromatic rings. The molecule has 2 N–H and O–H groups in total. The van der Waals surface area contributed by atoms with Gasteiger partial charge in [0.25, 0.3) is 0 Å². The van der Waals surface area contributed by atoms with E-state index < -0.39 is 48.9 Å². The number of hydrogen-bond donors (Lipinski definition) is 2. The Labute approximate surface area is 88.7 Å². The lowest BCUT2D eigenvalue weighted by Gasteiger charge is -2.16. The number of esters is 2. The molecule has 0 aromatic heterocycles. The van der Waals surface area contributed by atoms with Crippen LogP contribution in [0.4, 0.5) is 0 Å². The first-order chi connectivity index (χ1) is 7.43. The Morgan fingerprint density at radius 2 is 1.12 bits per heavy atom. The second kappa shape index (κ2) is 4.81. The highest BCUT2D eigenvalue weighted by Crippen LogP contribution is 2.02. The van der Waals surface area contributed by atoms with E-state index in [1.807, 2.05) is 0 Å². The van der Waals surface area contributed by atoms with Gasteiger partial charge in [-0.2, -0.15) is 0 Å². The highest BCUT2D eigenvalue weighted by atomic mass is 16.6. The Bertz CT molecular complexity index is 312. The van der Waals surface area contributed by atoms with Gasteiger partial charge in [0, 0.05) is 0 Å². The average molecular weight is 232 g/mol. The van der Waals surface area contributed by atoms with Gasteiger partial charge in [-0.1, -0.05) is 0 Å². The van der Waals surface area contributed by atoms with Crippen LogP contribution in [0.25, 0.3) is 0 Å². The molecule has 0 aromatic carbocycles. The van der Waals surface area contributed by atoms with Crippen LogP contribution >= 0.6 is 0 Å². The summed E-state index contributed by atoms with van der Waals surface area (Å²) in [4.78, 5) is 43.7. The maximum Gasteiger partial charge on any atom is 0.338 e. The van der Waals surface area contributed by atoms with Crippen molar-refractivity contribution in [2.24, 2.45) is 0 Å². The summed E-state index contributed by atoms with van der Waals surface area (Å²) < 4.78 is 8.41. The van der Waals surface area contributed by atoms with Gasteiger partial charge in [-0.3, -0.25) is 9.59 Å². The topological polar surface area (TPSA) is 127 Å². The van der Waals surface area contributed by atoms with Crippen LogP contribution in [0, 0.1) is 0 Å². The van der Waals surface area contributed by atoms with Crippen LogP contribution in [0.1, 0.15) is 0 Å². The largest absolute Gasteiger partial charge is 0.455 e. The van der Waals surface area contributed by atoms with E-state index in [2.05, 4.69) is 9.47 Å². The van der Waals surface area contributed by atoms with Gasteiger partial charge in [-0.15, -0.1) is 0 Å². The molecule has 1 aliphatic heterocycles. The Hall–Kier alpha value is -1.80. The molecule has 88 valence electrons. The van der Waals surface area contributed by atoms with E-state index in [-0.39, 0.29) is 0 Å². The monoisotopic (exact) mass is 232 g/mol. The molecule has 1 aliphatic rings. The van der Waals surface area contributed by atoms with Crippen LogP contribution < -0.4 is 0 Å². The van der Waals surface area contributed by atoms with Gasteiger partial charge >= 0.3 is 11.9 Å². The van der Waals surface area contributed by atoms with Gasteiger partial charge in [0.15, 0.2) is 25.4 Å². The van der Waals surface area contributed by atoms with E-state index in [0.717, 1.165) is 0 Å². The second-order valence-corrected chi connectivity index (χ2v) is 2.95. The molecule has 16 heavy (non-hydrogen) atoms. The number of cyclic esters (lactones) is 2. The molecular weight excluding hydrogens is 224 g/mol. The van der Waals surface area contributed by atoms with Crippen molar-refractivity contribution >= 4 is 23.5 Å². The van der Waals surface area contributed by atoms with Gasteiger partial charge in [-0.05, 0) is 0 Å². The molecule has 0 radical (unpaired) electrons. The number of rotatable bonds is 0. The number of ether oxygens (including phenoxy) is 2. The summed E-state index contributed by atoms with van der Waals surface area (Å²) in [5, 5.41) is 18.1. The number of hydrogen-bond acceptors (Lipinski definition) is 8. The first kappa shape index (κ1) is 12.3. The molecule has 2 atom stereocenters. The van der Waals surface area contributed by atoms with E-state index in [9.17, 15) is 19.2 Å². The Balaban J connectivity index is 2.83. The standard InChI is InChI=1S/C8H8O8/c9-3-1-15-7(13)5(11)6(12)8(14)16-2-4(3)10/h5-6,11-12H,1-2H2. The van der Waals surface area contributed by atoms with Crippen LogP contribution in [0.3, 0.4) is 0 Å². The zero-order chi connectivity index (χ0) is 12.3. The molecule has 0 spiro atoms. The van der Waals surface area contributed by atoms with Crippen LogP contribution in [-0.2, 0) is 28.7 Å². The Morgan fingerprint density at radius 1 is 0.812 bits per heavy atom. The van der Waals surface area contributed by atoms with E-state index in [0.29, 0.717) is 0 Å². The van der Waals surface area contributed by atoms with Crippen molar-refractivity contribution in [2.45, 2.75) is 12.2 Å². The van der Waals surface area contributed by atoms with Crippen molar-refractivity contribution in [3.8, 4) is 0 Å². The highest BCUT2D eigenvalue weighted by Gasteiger charge is 2.35. The van der Waals surface area contributed by atoms with Crippen molar-refractivity contribution in [2.75, 3.05) is 13.2 Å². The quantitative estimate of drug-likeness (QED) is 0.333. The predicted molar refractivity (Wildman–Crippen MR) is 43.9 cm³/mol. The fourth-order valence-corrected chi connectivity index (χ4v) is 0.863. The molecule has 0 saturated carbocycles. The van der Waals surface area contributed by atoms with Gasteiger partial charge in [0.1, 0.15) is 0 Å². The molecule has 8 heteroatoms. The maximum absolute atomic E-state index is 10.9. The summed E-state index contributed by atoms with van der Waals surface area (Å²) in [7, 11) is 0. The van der Waals surface area contributed by atoms with E-state index in [1.54, 1.807) is 0 Å². The molecule has 1 rings (SSSR count). The van der Waals surface area contributed by atoms with Crippen molar-refractivity contribution < 1.29 is 38.9 Å². The summed E-state index contributed by atoms with van der Waals surface area (Å²) in [5.74, 6) is -4.89. The van der Waals surface area contributed by atoms with Crippen LogP contribution in [-0.4, -0.2) is 59.1 Å². The van der Waals surface area contributed by atoms with Crippen molar-refractivity contribution in [1.82, 2.24) is 0 Å². The number of aliphatic hydroxyl groups excluding tert-OH is 2. The van der Waals surface area contributed by atoms with Gasteiger partial charge in [0.2, 0.25) is 11.6 Å². The summed E-state index contributed by atoms with van der Waals surface area (Å²) in [6.07, 6.45) is -4.29. The van der Waals surface area contributed by atoms with E-state index >= 15 is 0 Å². The molecule has 1 heterocycles. The van der Waals surface area contributed by atoms with Gasteiger partial charge < -0.3 is 19.7 Å². The Kier molecular flexibility index (Phi) is 3.69. The zero-order valence-corrected chi connectivity index (χ0v) is 7.91. The zero-order valence-electron chi connectivity index (χ0n) is 7.91. The van der Waals surface area contributed by atoms with Gasteiger partial charge in [0.05, 0.1) is 0 Å². The number of aliphatic hydroxyl groups is 2. The maximum atomic E-state index is 10.9. The van der Waals surface area contributed by atoms with Crippen molar-refractivity contribution in [3.63, 3.8) is 0 Å². The summed E-state index contributed by atoms with van der Waals surface area (Å²) in [5.41, 5.74) is 0. The molecule has 0 amide bonds. The normalized spacial score (nSPS) is 28.4. The first-order valence-corrected chi connectivity index (χ1v) is 4.19. The molecule has 1 saturated heterocycles. The third-order valence-corrected chi connectivity index (χ3v) is 1.78. The molecular formula is C8H8O8. The molecule has 8 nitrogen and oxygen atoms in total. The smallest absolute Gasteiger partial charge is 0.338 e. The predicted octanol–water partition coefficient (Wildman–Crippen LogP) is -3.05. The lowest BCUT2D eigenvalue weighted by Crippen LogP contribution is -2.44. The highest BCUT2D eigenvalue weighted by molar-refractivity contribution is 6.38. The second-order valence-electron chi connectivity index (χ2n) is 2.95. The van der Waals surface area contributed by atoms with Crippen molar-refractivity contribution in [1.29, 1.82) is 0 Å². The molecule has 0 bridgehead atoms. The molecule has 1 fully saturated rings. The lowest BCUT2D eigenvalue weighted by molar-refractivity contribution is -0.176. The summed E-state index contributed by atoms with van der Waals surface area (Å²) in [6, 6.07) is 0. The fourth-order valence-electron chi connectivity index (χ4n) is 0.863. The minimum Gasteiger partial charge on any atom is -0.455 e. The lowest BCUT2D eigenvalue weighted by atomic mass is 10.2. The SMILES string of the molecule is O=C1COC(=O)C(O)C(O)C(=O)OCC1=O. The average Bonchev–Trinajstić information content (AvgIpc) is 2.28. The third kappa shape index (κ3) is 2.61. The minimum atomic E-state index is -2.14. The summed E-state index contributed by atoms with van der Waals surface area (Å²) in [6.45, 7) is -1.72. The third-order valence-electron chi connectivity index (χ3n) is 1.78. The van der Waals surface area contributed by atoms with Gasteiger partial charge in [-0.25, -0.2) is 9.59 Å². The minimum absolute atomic E-state index is 0.862. The van der Waals surface area contributed by atoms with Crippen LogP contribution in [0.15, 0.2) is 0 Å². The number of ketones is 2. The molecule has 2 unspecified atom stereocenters. The molecule has 0 aliphatic carbocycles. The number of carbonyl (C=O) groups excluding carboxylic acids is 4. The first-order valence-electron chi connectivity index (χ1n) is 4.19. The Morgan fingerprint density at radius 3 is 1.44 bits per heavy atom. The number of Topliss-reactive ketones (excluding diaryl/α,β-unsaturated/α-hetero) is 2. The van der Waals surface area contributed by atoms with E-state index in [1.165, 1.54) is 0 Å². The van der Waals surface area contributed by atoms with Crippen LogP contribution in [0.2, 0.25) is 0 Å². The van der Waals surface area contributed by atoms with Crippen molar-refractivity contribution in [3.05, 3.63) is 0 Å². The summed E-state index contributed by atoms with van der Waals surface area (Å²) >= 11 is 0.